The maximum atomic E-state index is 12.1. The summed E-state index contributed by atoms with van der Waals surface area (Å²) in [5.74, 6) is 3.59. The zero-order chi connectivity index (χ0) is 24.2. The summed E-state index contributed by atoms with van der Waals surface area (Å²) in [6.07, 6.45) is 15.2. The molecule has 4 rings (SSSR count). The summed E-state index contributed by atoms with van der Waals surface area (Å²) in [5.41, 5.74) is 1.41. The van der Waals surface area contributed by atoms with Crippen molar-refractivity contribution in [1.82, 2.24) is 0 Å². The minimum Gasteiger partial charge on any atom is -0.458 e. The van der Waals surface area contributed by atoms with Crippen LogP contribution in [0.15, 0.2) is 23.8 Å². The fraction of sp³-hybridized carbons (Fsp3) is 0.833. The van der Waals surface area contributed by atoms with Crippen molar-refractivity contribution in [2.75, 3.05) is 0 Å². The Morgan fingerprint density at radius 1 is 1.06 bits per heavy atom. The lowest BCUT2D eigenvalue weighted by molar-refractivity contribution is -0.205. The summed E-state index contributed by atoms with van der Waals surface area (Å²) in [6.45, 7) is 15.9. The SMILES string of the molecule is CC(=O)O[C@@]12CC=C3[C@@H]4CC[C@H]([C@H](C)/C=C/[C@H](C)C(C)C)[C@]4(C)CC[C@@H]3[C@]1(C)CC[C@H](O)C2. The van der Waals surface area contributed by atoms with Gasteiger partial charge >= 0.3 is 5.97 Å². The van der Waals surface area contributed by atoms with Crippen LogP contribution in [-0.4, -0.2) is 22.8 Å². The maximum absolute atomic E-state index is 12.1. The first kappa shape index (κ1) is 25.0. The third kappa shape index (κ3) is 4.05. The number of esters is 1. The molecule has 1 N–H and O–H groups in total. The Kier molecular flexibility index (Phi) is 6.71. The lowest BCUT2D eigenvalue weighted by Crippen LogP contribution is -2.61. The highest BCUT2D eigenvalue weighted by molar-refractivity contribution is 5.67. The molecule has 4 aliphatic rings. The fourth-order valence-electron chi connectivity index (χ4n) is 8.55. The number of carbonyl (C=O) groups is 1. The number of rotatable bonds is 5. The van der Waals surface area contributed by atoms with Crippen LogP contribution < -0.4 is 0 Å². The van der Waals surface area contributed by atoms with Crippen LogP contribution in [0.2, 0.25) is 0 Å². The van der Waals surface area contributed by atoms with Gasteiger partial charge in [-0.2, -0.15) is 0 Å². The predicted molar refractivity (Wildman–Crippen MR) is 135 cm³/mol. The van der Waals surface area contributed by atoms with E-state index in [1.54, 1.807) is 5.57 Å². The number of ether oxygens (including phenoxy) is 1. The van der Waals surface area contributed by atoms with E-state index in [1.807, 2.05) is 0 Å². The second kappa shape index (κ2) is 8.85. The van der Waals surface area contributed by atoms with E-state index in [0.717, 1.165) is 25.2 Å². The van der Waals surface area contributed by atoms with Crippen molar-refractivity contribution in [2.24, 2.45) is 46.3 Å². The summed E-state index contributed by atoms with van der Waals surface area (Å²) in [7, 11) is 0. The van der Waals surface area contributed by atoms with Gasteiger partial charge in [-0.25, -0.2) is 0 Å². The Bertz CT molecular complexity index is 811. The van der Waals surface area contributed by atoms with Crippen molar-refractivity contribution in [3.05, 3.63) is 23.8 Å². The molecular weight excluding hydrogens is 408 g/mol. The van der Waals surface area contributed by atoms with Gasteiger partial charge in [0, 0.05) is 25.2 Å². The van der Waals surface area contributed by atoms with Crippen LogP contribution in [0, 0.1) is 46.3 Å². The Balaban J connectivity index is 1.61. The van der Waals surface area contributed by atoms with Crippen LogP contribution in [0.1, 0.15) is 99.8 Å². The van der Waals surface area contributed by atoms with Crippen molar-refractivity contribution in [2.45, 2.75) is 112 Å². The van der Waals surface area contributed by atoms with Crippen LogP contribution in [0.3, 0.4) is 0 Å². The number of carbonyl (C=O) groups excluding carboxylic acids is 1. The molecule has 0 unspecified atom stereocenters. The topological polar surface area (TPSA) is 46.5 Å². The summed E-state index contributed by atoms with van der Waals surface area (Å²) < 4.78 is 6.12. The first-order chi connectivity index (χ1) is 15.4. The molecule has 4 aliphatic carbocycles. The highest BCUT2D eigenvalue weighted by Crippen LogP contribution is 2.68. The van der Waals surface area contributed by atoms with Gasteiger partial charge in [0.1, 0.15) is 5.60 Å². The van der Waals surface area contributed by atoms with Gasteiger partial charge in [-0.15, -0.1) is 0 Å². The lowest BCUT2D eigenvalue weighted by Gasteiger charge is -2.61. The number of aliphatic hydroxyl groups is 1. The molecule has 0 aromatic carbocycles. The van der Waals surface area contributed by atoms with Gasteiger partial charge < -0.3 is 9.84 Å². The third-order valence-electron chi connectivity index (χ3n) is 11.0. The molecule has 0 aliphatic heterocycles. The summed E-state index contributed by atoms with van der Waals surface area (Å²) in [4.78, 5) is 12.1. The smallest absolute Gasteiger partial charge is 0.303 e. The van der Waals surface area contributed by atoms with Crippen molar-refractivity contribution < 1.29 is 14.6 Å². The lowest BCUT2D eigenvalue weighted by atomic mass is 9.46. The molecule has 0 spiro atoms. The van der Waals surface area contributed by atoms with E-state index >= 15 is 0 Å². The average Bonchev–Trinajstić information content (AvgIpc) is 3.09. The molecule has 3 heteroatoms. The van der Waals surface area contributed by atoms with E-state index in [4.69, 9.17) is 4.74 Å². The molecule has 0 amide bonds. The molecular formula is C30H48O3. The zero-order valence-electron chi connectivity index (χ0n) is 22.2. The van der Waals surface area contributed by atoms with Gasteiger partial charge in [0.05, 0.1) is 6.10 Å². The second-order valence-electron chi connectivity index (χ2n) is 13.0. The molecule has 33 heavy (non-hydrogen) atoms. The molecule has 3 saturated carbocycles. The Hall–Kier alpha value is -1.09. The molecule has 186 valence electrons. The third-order valence-corrected chi connectivity index (χ3v) is 11.0. The Morgan fingerprint density at radius 3 is 2.45 bits per heavy atom. The average molecular weight is 457 g/mol. The van der Waals surface area contributed by atoms with Gasteiger partial charge in [0.15, 0.2) is 0 Å². The summed E-state index contributed by atoms with van der Waals surface area (Å²) in [6, 6.07) is 0. The summed E-state index contributed by atoms with van der Waals surface area (Å²) in [5, 5.41) is 10.5. The standard InChI is InChI=1S/C30H48O3/c1-19(2)20(3)8-9-21(4)25-10-11-26-24-13-17-30(33-22(5)31)18-23(32)12-16-29(30,7)27(24)14-15-28(25,26)6/h8-9,13,19-21,23,25-27,32H,10-12,14-18H2,1-7H3/b9-8+/t20-,21+,23-,25+,26-,27-,28-,29-,30+/m0/s1. The van der Waals surface area contributed by atoms with Crippen LogP contribution in [0.4, 0.5) is 0 Å². The predicted octanol–water partition coefficient (Wildman–Crippen LogP) is 7.10. The first-order valence-electron chi connectivity index (χ1n) is 13.7. The highest BCUT2D eigenvalue weighted by atomic mass is 16.6. The quantitative estimate of drug-likeness (QED) is 0.354. The van der Waals surface area contributed by atoms with Crippen LogP contribution in [0.5, 0.6) is 0 Å². The number of hydrogen-bond acceptors (Lipinski definition) is 3. The minimum atomic E-state index is -0.542. The van der Waals surface area contributed by atoms with Gasteiger partial charge in [-0.3, -0.25) is 4.79 Å². The first-order valence-corrected chi connectivity index (χ1v) is 13.7. The van der Waals surface area contributed by atoms with E-state index in [9.17, 15) is 9.90 Å². The Morgan fingerprint density at radius 2 is 1.79 bits per heavy atom. The molecule has 3 nitrogen and oxygen atoms in total. The van der Waals surface area contributed by atoms with Crippen molar-refractivity contribution in [3.8, 4) is 0 Å². The molecule has 0 radical (unpaired) electrons. The number of fused-ring (bicyclic) bond motifs is 5. The number of allylic oxidation sites excluding steroid dienone is 3. The van der Waals surface area contributed by atoms with E-state index in [2.05, 4.69) is 59.8 Å². The van der Waals surface area contributed by atoms with Crippen LogP contribution in [-0.2, 0) is 9.53 Å². The van der Waals surface area contributed by atoms with Crippen LogP contribution >= 0.6 is 0 Å². The molecule has 9 atom stereocenters. The monoisotopic (exact) mass is 456 g/mol. The zero-order valence-corrected chi connectivity index (χ0v) is 22.2. The van der Waals surface area contributed by atoms with Crippen molar-refractivity contribution >= 4 is 5.97 Å². The fourth-order valence-corrected chi connectivity index (χ4v) is 8.55. The Labute approximate surface area is 202 Å². The largest absolute Gasteiger partial charge is 0.458 e. The van der Waals surface area contributed by atoms with E-state index in [1.165, 1.54) is 32.6 Å². The molecule has 0 saturated heterocycles. The van der Waals surface area contributed by atoms with Crippen LogP contribution in [0.25, 0.3) is 0 Å². The normalized spacial score (nSPS) is 44.6. The van der Waals surface area contributed by atoms with Crippen molar-refractivity contribution in [3.63, 3.8) is 0 Å². The van der Waals surface area contributed by atoms with Gasteiger partial charge in [-0.05, 0) is 79.4 Å². The van der Waals surface area contributed by atoms with E-state index < -0.39 is 5.60 Å². The van der Waals surface area contributed by atoms with Crippen molar-refractivity contribution in [1.29, 1.82) is 0 Å². The minimum absolute atomic E-state index is 0.0698. The molecule has 0 aromatic rings. The number of aliphatic hydroxyl groups excluding tert-OH is 1. The molecule has 0 heterocycles. The maximum Gasteiger partial charge on any atom is 0.303 e. The van der Waals surface area contributed by atoms with Gasteiger partial charge in [-0.1, -0.05) is 65.3 Å². The van der Waals surface area contributed by atoms with Gasteiger partial charge in [0.25, 0.3) is 0 Å². The second-order valence-corrected chi connectivity index (χ2v) is 13.0. The number of hydrogen-bond donors (Lipinski definition) is 1. The van der Waals surface area contributed by atoms with E-state index in [-0.39, 0.29) is 17.5 Å². The molecule has 0 bridgehead atoms. The summed E-state index contributed by atoms with van der Waals surface area (Å²) >= 11 is 0. The highest BCUT2D eigenvalue weighted by Gasteiger charge is 2.64. The molecule has 3 fully saturated rings. The molecule has 0 aromatic heterocycles. The van der Waals surface area contributed by atoms with Gasteiger partial charge in [0.2, 0.25) is 0 Å². The van der Waals surface area contributed by atoms with E-state index in [0.29, 0.717) is 41.4 Å².